The second-order valence-corrected chi connectivity index (χ2v) is 3.34. The zero-order chi connectivity index (χ0) is 13.1. The summed E-state index contributed by atoms with van der Waals surface area (Å²) in [5, 5.41) is 18.6. The Morgan fingerprint density at radius 3 is 2.89 bits per heavy atom. The van der Waals surface area contributed by atoms with Crippen LogP contribution in [0.25, 0.3) is 0 Å². The van der Waals surface area contributed by atoms with Gasteiger partial charge in [0.25, 0.3) is 5.91 Å². The van der Waals surface area contributed by atoms with Crippen molar-refractivity contribution in [2.24, 2.45) is 0 Å². The predicted octanol–water partition coefficient (Wildman–Crippen LogP) is 0.618. The molecular weight excluding hydrogens is 240 g/mol. The molecule has 4 N–H and O–H groups in total. The fourth-order valence-corrected chi connectivity index (χ4v) is 1.28. The van der Waals surface area contributed by atoms with Crippen molar-refractivity contribution in [3.8, 4) is 11.5 Å². The number of benzene rings is 1. The fraction of sp³-hybridized carbons (Fsp3) is 0.100. The van der Waals surface area contributed by atoms with E-state index in [0.29, 0.717) is 5.75 Å². The molecule has 2 aromatic rings. The monoisotopic (exact) mass is 250 g/mol. The molecule has 8 heteroatoms. The van der Waals surface area contributed by atoms with Crippen molar-refractivity contribution >= 4 is 17.4 Å². The number of rotatable bonds is 3. The van der Waals surface area contributed by atoms with Gasteiger partial charge in [-0.3, -0.25) is 4.79 Å². The summed E-state index contributed by atoms with van der Waals surface area (Å²) in [6, 6.07) is 4.40. The molecule has 0 saturated carbocycles. The number of aromatic hydroxyl groups is 1. The number of anilines is 2. The highest BCUT2D eigenvalue weighted by Crippen LogP contribution is 2.28. The molecule has 8 nitrogen and oxygen atoms in total. The van der Waals surface area contributed by atoms with Gasteiger partial charge in [-0.05, 0) is 22.4 Å². The zero-order valence-corrected chi connectivity index (χ0v) is 9.38. The van der Waals surface area contributed by atoms with E-state index in [2.05, 4.69) is 20.3 Å². The third-order valence-corrected chi connectivity index (χ3v) is 2.18. The van der Waals surface area contributed by atoms with Crippen LogP contribution in [0.4, 0.5) is 11.5 Å². The lowest BCUT2D eigenvalue weighted by molar-refractivity contribution is 0.101. The molecule has 1 aromatic heterocycles. The van der Waals surface area contributed by atoms with Gasteiger partial charge >= 0.3 is 0 Å². The number of ether oxygens (including phenoxy) is 1. The number of phenolic OH excluding ortho intramolecular Hbond substituents is 1. The van der Waals surface area contributed by atoms with E-state index in [-0.39, 0.29) is 22.9 Å². The first-order chi connectivity index (χ1) is 8.61. The van der Waals surface area contributed by atoms with Crippen molar-refractivity contribution in [1.29, 1.82) is 0 Å². The van der Waals surface area contributed by atoms with Gasteiger partial charge in [-0.15, -0.1) is 0 Å². The maximum absolute atomic E-state index is 11.7. The average Bonchev–Trinajstić information content (AvgIpc) is 2.78. The summed E-state index contributed by atoms with van der Waals surface area (Å²) in [5.74, 6) is -0.402. The van der Waals surface area contributed by atoms with Crippen LogP contribution in [0, 0.1) is 0 Å². The molecule has 1 aromatic carbocycles. The number of nitrogens with one attached hydrogen (secondary N) is 1. The number of carbonyl (C=O) groups is 1. The van der Waals surface area contributed by atoms with Crippen LogP contribution >= 0.6 is 0 Å². The minimum Gasteiger partial charge on any atom is -0.506 e. The number of nitrogens with zero attached hydrogens (tertiary/aromatic N) is 2. The van der Waals surface area contributed by atoms with Crippen LogP contribution in [0.1, 0.15) is 10.5 Å². The van der Waals surface area contributed by atoms with E-state index < -0.39 is 5.91 Å². The Morgan fingerprint density at radius 2 is 2.28 bits per heavy atom. The lowest BCUT2D eigenvalue weighted by Gasteiger charge is -2.07. The SMILES string of the molecule is COc1ccc(O)c(NC(=O)c2nonc2N)c1. The van der Waals surface area contributed by atoms with E-state index in [0.717, 1.165) is 0 Å². The summed E-state index contributed by atoms with van der Waals surface area (Å²) in [6.07, 6.45) is 0. The van der Waals surface area contributed by atoms with Crippen LogP contribution in [0.2, 0.25) is 0 Å². The van der Waals surface area contributed by atoms with E-state index in [9.17, 15) is 9.90 Å². The fourth-order valence-electron chi connectivity index (χ4n) is 1.28. The topological polar surface area (TPSA) is 124 Å². The van der Waals surface area contributed by atoms with Gasteiger partial charge in [0.05, 0.1) is 12.8 Å². The molecule has 2 rings (SSSR count). The van der Waals surface area contributed by atoms with Gasteiger partial charge in [0, 0.05) is 6.07 Å². The number of phenols is 1. The van der Waals surface area contributed by atoms with Crippen LogP contribution in [0.15, 0.2) is 22.8 Å². The lowest BCUT2D eigenvalue weighted by atomic mass is 10.2. The molecule has 94 valence electrons. The molecule has 0 aliphatic heterocycles. The van der Waals surface area contributed by atoms with E-state index in [4.69, 9.17) is 10.5 Å². The second-order valence-electron chi connectivity index (χ2n) is 3.34. The molecule has 0 fully saturated rings. The lowest BCUT2D eigenvalue weighted by Crippen LogP contribution is -2.14. The van der Waals surface area contributed by atoms with Gasteiger partial charge in [-0.2, -0.15) is 0 Å². The molecule has 0 radical (unpaired) electrons. The Balaban J connectivity index is 2.24. The average molecular weight is 250 g/mol. The molecule has 0 spiro atoms. The van der Waals surface area contributed by atoms with E-state index in [1.807, 2.05) is 0 Å². The van der Waals surface area contributed by atoms with Gasteiger partial charge in [0.2, 0.25) is 11.5 Å². The molecular formula is C10H10N4O4. The van der Waals surface area contributed by atoms with Gasteiger partial charge in [0.15, 0.2) is 0 Å². The van der Waals surface area contributed by atoms with Crippen molar-refractivity contribution in [3.63, 3.8) is 0 Å². The number of hydrogen-bond acceptors (Lipinski definition) is 7. The van der Waals surface area contributed by atoms with Crippen LogP contribution in [-0.4, -0.2) is 28.4 Å². The number of hydrogen-bond donors (Lipinski definition) is 3. The summed E-state index contributed by atoms with van der Waals surface area (Å²) >= 11 is 0. The number of amides is 1. The van der Waals surface area contributed by atoms with Crippen LogP contribution in [-0.2, 0) is 0 Å². The number of methoxy groups -OCH3 is 1. The normalized spacial score (nSPS) is 10.1. The smallest absolute Gasteiger partial charge is 0.281 e. The zero-order valence-electron chi connectivity index (χ0n) is 9.38. The van der Waals surface area contributed by atoms with Crippen molar-refractivity contribution in [2.75, 3.05) is 18.2 Å². The minimum absolute atomic E-state index is 0.112. The number of nitrogens with two attached hydrogens (primary N) is 1. The molecule has 0 aliphatic carbocycles. The number of carbonyl (C=O) groups excluding carboxylic acids is 1. The van der Waals surface area contributed by atoms with Gasteiger partial charge in [0.1, 0.15) is 11.5 Å². The standard InChI is InChI=1S/C10H10N4O4/c1-17-5-2-3-7(15)6(4-5)12-10(16)8-9(11)14-18-13-8/h2-4,15H,1H3,(H2,11,14)(H,12,16). The molecule has 0 aliphatic rings. The summed E-state index contributed by atoms with van der Waals surface area (Å²) in [6.45, 7) is 0. The van der Waals surface area contributed by atoms with E-state index in [1.54, 1.807) is 6.07 Å². The quantitative estimate of drug-likeness (QED) is 0.682. The third-order valence-electron chi connectivity index (χ3n) is 2.18. The minimum atomic E-state index is -0.641. The Hall–Kier alpha value is -2.77. The Kier molecular flexibility index (Phi) is 3.00. The van der Waals surface area contributed by atoms with Crippen LogP contribution in [0.5, 0.6) is 11.5 Å². The molecule has 18 heavy (non-hydrogen) atoms. The maximum Gasteiger partial charge on any atom is 0.281 e. The number of nitrogen functional groups attached to an aromatic ring is 1. The van der Waals surface area contributed by atoms with Gasteiger partial charge < -0.3 is 20.9 Å². The summed E-state index contributed by atoms with van der Waals surface area (Å²) in [7, 11) is 1.47. The molecule has 0 saturated heterocycles. The number of aromatic nitrogens is 2. The van der Waals surface area contributed by atoms with E-state index in [1.165, 1.54) is 19.2 Å². The maximum atomic E-state index is 11.7. The van der Waals surface area contributed by atoms with Crippen LogP contribution < -0.4 is 15.8 Å². The van der Waals surface area contributed by atoms with Crippen molar-refractivity contribution < 1.29 is 19.3 Å². The summed E-state index contributed by atoms with van der Waals surface area (Å²) < 4.78 is 9.28. The largest absolute Gasteiger partial charge is 0.506 e. The second kappa shape index (κ2) is 4.62. The van der Waals surface area contributed by atoms with Crippen molar-refractivity contribution in [3.05, 3.63) is 23.9 Å². The van der Waals surface area contributed by atoms with Crippen molar-refractivity contribution in [1.82, 2.24) is 10.3 Å². The summed E-state index contributed by atoms with van der Waals surface area (Å²) in [4.78, 5) is 11.7. The molecule has 1 amide bonds. The Labute approximate surface area is 101 Å². The highest BCUT2D eigenvalue weighted by molar-refractivity contribution is 6.06. The molecule has 1 heterocycles. The predicted molar refractivity (Wildman–Crippen MR) is 61.3 cm³/mol. The molecule has 0 unspecified atom stereocenters. The highest BCUT2D eigenvalue weighted by atomic mass is 16.6. The van der Waals surface area contributed by atoms with Gasteiger partial charge in [-0.25, -0.2) is 4.63 Å². The summed E-state index contributed by atoms with van der Waals surface area (Å²) in [5.41, 5.74) is 5.39. The van der Waals surface area contributed by atoms with Crippen molar-refractivity contribution in [2.45, 2.75) is 0 Å². The third kappa shape index (κ3) is 2.17. The first-order valence-corrected chi connectivity index (χ1v) is 4.88. The van der Waals surface area contributed by atoms with Crippen LogP contribution in [0.3, 0.4) is 0 Å². The van der Waals surface area contributed by atoms with E-state index >= 15 is 0 Å². The molecule has 0 atom stereocenters. The molecule has 0 bridgehead atoms. The Morgan fingerprint density at radius 1 is 1.50 bits per heavy atom. The first kappa shape index (κ1) is 11.7. The Bertz CT molecular complexity index is 581. The first-order valence-electron chi connectivity index (χ1n) is 4.88. The highest BCUT2D eigenvalue weighted by Gasteiger charge is 2.17. The van der Waals surface area contributed by atoms with Gasteiger partial charge in [-0.1, -0.05) is 0 Å².